The van der Waals surface area contributed by atoms with E-state index in [1.807, 2.05) is 30.3 Å². The molecule has 1 aliphatic heterocycles. The van der Waals surface area contributed by atoms with Crippen molar-refractivity contribution in [3.63, 3.8) is 0 Å². The Morgan fingerprint density at radius 1 is 1.05 bits per heavy atom. The summed E-state index contributed by atoms with van der Waals surface area (Å²) in [5.41, 5.74) is 1.50. The number of aryl methyl sites for hydroxylation is 1. The van der Waals surface area contributed by atoms with Gasteiger partial charge in [-0.25, -0.2) is 14.2 Å². The van der Waals surface area contributed by atoms with E-state index in [2.05, 4.69) is 19.7 Å². The molecule has 4 rings (SSSR count). The largest absolute Gasteiger partial charge is 0.493 e. The number of pyridine rings is 2. The van der Waals surface area contributed by atoms with Gasteiger partial charge in [-0.2, -0.15) is 31.0 Å². The molecule has 0 unspecified atom stereocenters. The summed E-state index contributed by atoms with van der Waals surface area (Å²) in [7, 11) is -3.72. The quantitative estimate of drug-likeness (QED) is 0.214. The molecule has 2 aromatic heterocycles. The van der Waals surface area contributed by atoms with Crippen LogP contribution in [0.5, 0.6) is 0 Å². The number of sulfonamides is 1. The normalized spacial score (nSPS) is 15.0. The van der Waals surface area contributed by atoms with Gasteiger partial charge < -0.3 is 9.74 Å². The Morgan fingerprint density at radius 3 is 2.32 bits per heavy atom. The molecule has 1 fully saturated rings. The molecule has 0 aliphatic carbocycles. The van der Waals surface area contributed by atoms with Gasteiger partial charge in [0.1, 0.15) is 0 Å². The average Bonchev–Trinajstić information content (AvgIpc) is 2.92. The summed E-state index contributed by atoms with van der Waals surface area (Å²) >= 11 is 0. The third-order valence-corrected chi connectivity index (χ3v) is 8.06. The maximum atomic E-state index is 15.3. The standard InChI is InChI=1S/C26H26F5N5O4S/c1-17-21(34(2)19-11-13-35(14-12-19)16-18-7-4-3-5-8-18)15-20(27)24(32-17)41(38,39)36(40-25(37)26(29,30)31)23-10-6-9-22(28)33-23/h3-10,15,19H,11-14,16H2,1-2H3. The van der Waals surface area contributed by atoms with Gasteiger partial charge >= 0.3 is 22.2 Å². The summed E-state index contributed by atoms with van der Waals surface area (Å²) in [6.07, 6.45) is -4.15. The first-order valence-corrected chi connectivity index (χ1v) is 13.8. The highest BCUT2D eigenvalue weighted by molar-refractivity contribution is 7.92. The molecule has 41 heavy (non-hydrogen) atoms. The number of alkyl halides is 3. The van der Waals surface area contributed by atoms with Crippen molar-refractivity contribution in [3.8, 4) is 0 Å². The van der Waals surface area contributed by atoms with E-state index in [1.54, 1.807) is 11.9 Å². The van der Waals surface area contributed by atoms with Gasteiger partial charge in [-0.1, -0.05) is 40.9 Å². The number of likely N-dealkylation sites (tertiary alicyclic amines) is 1. The smallest absolute Gasteiger partial charge is 0.370 e. The van der Waals surface area contributed by atoms with Crippen LogP contribution in [0.3, 0.4) is 0 Å². The molecule has 0 atom stereocenters. The van der Waals surface area contributed by atoms with Crippen molar-refractivity contribution < 1.29 is 40.0 Å². The Hall–Kier alpha value is -3.85. The van der Waals surface area contributed by atoms with Crippen molar-refractivity contribution in [2.45, 2.75) is 43.6 Å². The fourth-order valence-corrected chi connectivity index (χ4v) is 5.74. The van der Waals surface area contributed by atoms with Gasteiger partial charge in [0.15, 0.2) is 11.6 Å². The fraction of sp³-hybridized carbons (Fsp3) is 0.346. The van der Waals surface area contributed by atoms with E-state index in [0.29, 0.717) is 0 Å². The van der Waals surface area contributed by atoms with Gasteiger partial charge in [-0.3, -0.25) is 4.90 Å². The molecule has 0 bridgehead atoms. The maximum absolute atomic E-state index is 15.3. The fourth-order valence-electron chi connectivity index (χ4n) is 4.51. The number of benzene rings is 1. The Labute approximate surface area is 233 Å². The number of halogens is 5. The van der Waals surface area contributed by atoms with Crippen LogP contribution < -0.4 is 9.37 Å². The molecule has 3 aromatic rings. The van der Waals surface area contributed by atoms with E-state index in [4.69, 9.17) is 0 Å². The van der Waals surface area contributed by atoms with Crippen LogP contribution in [-0.2, 0) is 26.2 Å². The molecule has 9 nitrogen and oxygen atoms in total. The van der Waals surface area contributed by atoms with Crippen LogP contribution in [0.4, 0.5) is 33.5 Å². The minimum atomic E-state index is -5.62. The molecule has 0 spiro atoms. The van der Waals surface area contributed by atoms with E-state index in [0.717, 1.165) is 56.7 Å². The minimum absolute atomic E-state index is 0.0230. The Morgan fingerprint density at radius 2 is 1.71 bits per heavy atom. The molecule has 15 heteroatoms. The average molecular weight is 600 g/mol. The van der Waals surface area contributed by atoms with E-state index in [9.17, 15) is 30.8 Å². The highest BCUT2D eigenvalue weighted by atomic mass is 32.2. The monoisotopic (exact) mass is 599 g/mol. The van der Waals surface area contributed by atoms with Crippen LogP contribution in [0.1, 0.15) is 24.1 Å². The second-order valence-electron chi connectivity index (χ2n) is 9.41. The summed E-state index contributed by atoms with van der Waals surface area (Å²) in [4.78, 5) is 26.6. The Bertz CT molecular complexity index is 1500. The Kier molecular flexibility index (Phi) is 8.77. The van der Waals surface area contributed by atoms with Crippen molar-refractivity contribution in [1.29, 1.82) is 0 Å². The zero-order valence-electron chi connectivity index (χ0n) is 22.0. The molecule has 0 N–H and O–H groups in total. The lowest BCUT2D eigenvalue weighted by atomic mass is 10.0. The Balaban J connectivity index is 1.57. The topological polar surface area (TPSA) is 95.9 Å². The second kappa shape index (κ2) is 11.9. The van der Waals surface area contributed by atoms with Crippen LogP contribution in [0.2, 0.25) is 0 Å². The summed E-state index contributed by atoms with van der Waals surface area (Å²) in [6.45, 7) is 3.73. The van der Waals surface area contributed by atoms with Crippen LogP contribution in [-0.4, -0.2) is 61.6 Å². The van der Waals surface area contributed by atoms with E-state index < -0.39 is 49.2 Å². The first-order chi connectivity index (χ1) is 19.3. The third kappa shape index (κ3) is 6.90. The van der Waals surface area contributed by atoms with Crippen LogP contribution in [0.15, 0.2) is 59.6 Å². The first-order valence-electron chi connectivity index (χ1n) is 12.4. The highest BCUT2D eigenvalue weighted by Crippen LogP contribution is 2.31. The highest BCUT2D eigenvalue weighted by Gasteiger charge is 2.46. The van der Waals surface area contributed by atoms with Crippen molar-refractivity contribution in [3.05, 3.63) is 77.6 Å². The molecule has 0 amide bonds. The first kappa shape index (κ1) is 30.1. The van der Waals surface area contributed by atoms with Crippen molar-refractivity contribution >= 4 is 27.5 Å². The lowest BCUT2D eigenvalue weighted by Gasteiger charge is -2.38. The van der Waals surface area contributed by atoms with Crippen molar-refractivity contribution in [1.82, 2.24) is 14.9 Å². The van der Waals surface area contributed by atoms with Crippen LogP contribution in [0.25, 0.3) is 0 Å². The molecular formula is C26H26F5N5O4S. The predicted octanol–water partition coefficient (Wildman–Crippen LogP) is 4.38. The summed E-state index contributed by atoms with van der Waals surface area (Å²) in [5, 5.41) is -1.33. The van der Waals surface area contributed by atoms with E-state index >= 15 is 4.39 Å². The van der Waals surface area contributed by atoms with Crippen molar-refractivity contribution in [2.75, 3.05) is 29.5 Å². The molecule has 0 radical (unpaired) electrons. The predicted molar refractivity (Wildman–Crippen MR) is 138 cm³/mol. The summed E-state index contributed by atoms with van der Waals surface area (Å²) < 4.78 is 93.6. The zero-order chi connectivity index (χ0) is 29.9. The number of aromatic nitrogens is 2. The van der Waals surface area contributed by atoms with Gasteiger partial charge in [-0.05, 0) is 37.5 Å². The lowest BCUT2D eigenvalue weighted by molar-refractivity contribution is -0.199. The summed E-state index contributed by atoms with van der Waals surface area (Å²) in [6, 6.07) is 13.3. The van der Waals surface area contributed by atoms with E-state index in [-0.39, 0.29) is 17.4 Å². The molecule has 3 heterocycles. The van der Waals surface area contributed by atoms with Gasteiger partial charge in [0, 0.05) is 38.8 Å². The van der Waals surface area contributed by atoms with Crippen molar-refractivity contribution in [2.24, 2.45) is 0 Å². The lowest BCUT2D eigenvalue weighted by Crippen LogP contribution is -2.43. The molecule has 0 saturated carbocycles. The third-order valence-electron chi connectivity index (χ3n) is 6.59. The van der Waals surface area contributed by atoms with Gasteiger partial charge in [0.05, 0.1) is 11.4 Å². The number of carbonyl (C=O) groups is 1. The van der Waals surface area contributed by atoms with Crippen LogP contribution in [0, 0.1) is 18.7 Å². The minimum Gasteiger partial charge on any atom is -0.370 e. The molecule has 220 valence electrons. The van der Waals surface area contributed by atoms with Gasteiger partial charge in [0.2, 0.25) is 11.0 Å². The molecule has 1 aliphatic rings. The number of carbonyl (C=O) groups excluding carboxylic acids is 1. The second-order valence-corrected chi connectivity index (χ2v) is 11.1. The molecule has 1 aromatic carbocycles. The zero-order valence-corrected chi connectivity index (χ0v) is 22.8. The molecular weight excluding hydrogens is 573 g/mol. The number of hydrogen-bond donors (Lipinski definition) is 0. The number of hydrogen-bond acceptors (Lipinski definition) is 8. The number of rotatable bonds is 8. The maximum Gasteiger partial charge on any atom is 0.493 e. The van der Waals surface area contributed by atoms with E-state index in [1.165, 1.54) is 12.5 Å². The van der Waals surface area contributed by atoms with Gasteiger partial charge in [-0.15, -0.1) is 0 Å². The summed E-state index contributed by atoms with van der Waals surface area (Å²) in [5.74, 6) is -6.70. The SMILES string of the molecule is Cc1nc(S(=O)(=O)N(OC(=O)C(F)(F)F)c2cccc(F)n2)c(F)cc1N(C)C1CCN(Cc2ccccc2)CC1. The van der Waals surface area contributed by atoms with Crippen LogP contribution >= 0.6 is 0 Å². The number of nitrogens with zero attached hydrogens (tertiary/aromatic N) is 5. The number of anilines is 2. The van der Waals surface area contributed by atoms with Gasteiger partial charge in [0.25, 0.3) is 0 Å². The number of piperidine rings is 1. The molecule has 1 saturated heterocycles.